The van der Waals surface area contributed by atoms with Gasteiger partial charge in [-0.05, 0) is 29.8 Å². The van der Waals surface area contributed by atoms with Gasteiger partial charge < -0.3 is 14.8 Å². The lowest BCUT2D eigenvalue weighted by Gasteiger charge is -2.10. The number of anilines is 1. The molecule has 2 aromatic rings. The van der Waals surface area contributed by atoms with Crippen molar-refractivity contribution >= 4 is 52.4 Å². The number of hydrogen-bond acceptors (Lipinski definition) is 4. The molecule has 5 nitrogen and oxygen atoms in total. The number of hydrogen-bond donors (Lipinski definition) is 1. The first-order chi connectivity index (χ1) is 11.9. The van der Waals surface area contributed by atoms with E-state index in [1.165, 1.54) is 12.1 Å². The molecule has 132 valence electrons. The first-order valence-corrected chi connectivity index (χ1v) is 8.23. The Morgan fingerprint density at radius 3 is 2.40 bits per heavy atom. The molecular weight excluding hydrogens is 389 g/mol. The maximum atomic E-state index is 12.0. The number of rotatable bonds is 6. The zero-order chi connectivity index (χ0) is 18.4. The average molecular weight is 403 g/mol. The SMILES string of the molecule is COCc1cccc(C(=O)OCC(=O)Nc2c(Cl)cc(Cl)cc2Cl)c1. The number of carbonyl (C=O) groups is 2. The van der Waals surface area contributed by atoms with Crippen molar-refractivity contribution in [2.24, 2.45) is 0 Å². The van der Waals surface area contributed by atoms with Crippen LogP contribution in [0.1, 0.15) is 15.9 Å². The lowest BCUT2D eigenvalue weighted by Crippen LogP contribution is -2.21. The second-order valence-electron chi connectivity index (χ2n) is 5.00. The van der Waals surface area contributed by atoms with Gasteiger partial charge in [0.15, 0.2) is 6.61 Å². The van der Waals surface area contributed by atoms with E-state index in [-0.39, 0.29) is 15.7 Å². The Hall–Kier alpha value is -1.79. The van der Waals surface area contributed by atoms with E-state index in [0.717, 1.165) is 5.56 Å². The van der Waals surface area contributed by atoms with E-state index >= 15 is 0 Å². The molecule has 0 fully saturated rings. The van der Waals surface area contributed by atoms with Gasteiger partial charge in [-0.1, -0.05) is 46.9 Å². The van der Waals surface area contributed by atoms with Crippen LogP contribution < -0.4 is 5.32 Å². The van der Waals surface area contributed by atoms with Crippen molar-refractivity contribution in [2.75, 3.05) is 19.0 Å². The van der Waals surface area contributed by atoms with Gasteiger partial charge in [-0.2, -0.15) is 0 Å². The maximum Gasteiger partial charge on any atom is 0.338 e. The molecule has 0 aliphatic heterocycles. The normalized spacial score (nSPS) is 10.4. The summed E-state index contributed by atoms with van der Waals surface area (Å²) in [6, 6.07) is 9.63. The number of amides is 1. The number of carbonyl (C=O) groups excluding carboxylic acids is 2. The van der Waals surface area contributed by atoms with E-state index in [1.54, 1.807) is 25.3 Å². The van der Waals surface area contributed by atoms with Crippen molar-refractivity contribution in [3.63, 3.8) is 0 Å². The molecular formula is C17H14Cl3NO4. The Kier molecular flexibility index (Phi) is 7.08. The van der Waals surface area contributed by atoms with Crippen LogP contribution >= 0.6 is 34.8 Å². The number of benzene rings is 2. The van der Waals surface area contributed by atoms with Crippen molar-refractivity contribution in [3.8, 4) is 0 Å². The van der Waals surface area contributed by atoms with Crippen LogP contribution in [0, 0.1) is 0 Å². The van der Waals surface area contributed by atoms with E-state index in [0.29, 0.717) is 17.2 Å². The van der Waals surface area contributed by atoms with E-state index in [1.807, 2.05) is 6.07 Å². The van der Waals surface area contributed by atoms with Crippen LogP contribution in [0.15, 0.2) is 36.4 Å². The van der Waals surface area contributed by atoms with Crippen LogP contribution in [0.4, 0.5) is 5.69 Å². The molecule has 2 aromatic carbocycles. The molecule has 0 aliphatic carbocycles. The van der Waals surface area contributed by atoms with Crippen molar-refractivity contribution < 1.29 is 19.1 Å². The lowest BCUT2D eigenvalue weighted by molar-refractivity contribution is -0.119. The highest BCUT2D eigenvalue weighted by molar-refractivity contribution is 6.42. The Morgan fingerprint density at radius 2 is 1.76 bits per heavy atom. The minimum absolute atomic E-state index is 0.185. The van der Waals surface area contributed by atoms with Gasteiger partial charge in [-0.15, -0.1) is 0 Å². The fourth-order valence-electron chi connectivity index (χ4n) is 2.01. The van der Waals surface area contributed by atoms with Crippen LogP contribution in [0.5, 0.6) is 0 Å². The summed E-state index contributed by atoms with van der Waals surface area (Å²) in [6.07, 6.45) is 0. The molecule has 1 N–H and O–H groups in total. The predicted molar refractivity (Wildman–Crippen MR) is 97.5 cm³/mol. The molecule has 0 bridgehead atoms. The molecule has 0 aromatic heterocycles. The van der Waals surface area contributed by atoms with Crippen LogP contribution in [-0.4, -0.2) is 25.6 Å². The number of halogens is 3. The minimum Gasteiger partial charge on any atom is -0.452 e. The van der Waals surface area contributed by atoms with Gasteiger partial charge in [0.1, 0.15) is 0 Å². The number of esters is 1. The lowest BCUT2D eigenvalue weighted by atomic mass is 10.1. The quantitative estimate of drug-likeness (QED) is 0.718. The summed E-state index contributed by atoms with van der Waals surface area (Å²) in [5, 5.41) is 3.20. The Morgan fingerprint density at radius 1 is 1.08 bits per heavy atom. The molecule has 0 saturated heterocycles. The van der Waals surface area contributed by atoms with E-state index < -0.39 is 18.5 Å². The van der Waals surface area contributed by atoms with Gasteiger partial charge in [0.05, 0.1) is 27.9 Å². The van der Waals surface area contributed by atoms with E-state index in [9.17, 15) is 9.59 Å². The molecule has 0 radical (unpaired) electrons. The topological polar surface area (TPSA) is 64.6 Å². The summed E-state index contributed by atoms with van der Waals surface area (Å²) < 4.78 is 10.0. The molecule has 0 heterocycles. The summed E-state index contributed by atoms with van der Waals surface area (Å²) in [6.45, 7) is -0.113. The van der Waals surface area contributed by atoms with Gasteiger partial charge in [-0.3, -0.25) is 4.79 Å². The van der Waals surface area contributed by atoms with Crippen LogP contribution in [0.2, 0.25) is 15.1 Å². The van der Waals surface area contributed by atoms with Crippen molar-refractivity contribution in [2.45, 2.75) is 6.61 Å². The third-order valence-electron chi connectivity index (χ3n) is 3.08. The molecule has 0 unspecified atom stereocenters. The van der Waals surface area contributed by atoms with Gasteiger partial charge in [0.2, 0.25) is 0 Å². The summed E-state index contributed by atoms with van der Waals surface area (Å²) in [5.41, 5.74) is 1.35. The number of ether oxygens (including phenoxy) is 2. The molecule has 8 heteroatoms. The highest BCUT2D eigenvalue weighted by Crippen LogP contribution is 2.33. The van der Waals surface area contributed by atoms with Crippen LogP contribution in [0.3, 0.4) is 0 Å². The Labute approximate surface area is 159 Å². The second kappa shape index (κ2) is 9.06. The molecule has 0 atom stereocenters. The van der Waals surface area contributed by atoms with Gasteiger partial charge >= 0.3 is 5.97 Å². The summed E-state index contributed by atoms with van der Waals surface area (Å²) in [5.74, 6) is -1.20. The van der Waals surface area contributed by atoms with Crippen molar-refractivity contribution in [1.82, 2.24) is 0 Å². The molecule has 25 heavy (non-hydrogen) atoms. The summed E-state index contributed by atoms with van der Waals surface area (Å²) in [7, 11) is 1.56. The monoisotopic (exact) mass is 401 g/mol. The maximum absolute atomic E-state index is 12.0. The van der Waals surface area contributed by atoms with Gasteiger partial charge in [0, 0.05) is 12.1 Å². The smallest absolute Gasteiger partial charge is 0.338 e. The van der Waals surface area contributed by atoms with Crippen molar-refractivity contribution in [1.29, 1.82) is 0 Å². The third-order valence-corrected chi connectivity index (χ3v) is 3.89. The molecule has 1 amide bonds. The molecule has 0 saturated carbocycles. The summed E-state index contributed by atoms with van der Waals surface area (Å²) in [4.78, 5) is 24.0. The minimum atomic E-state index is -0.624. The third kappa shape index (κ3) is 5.61. The average Bonchev–Trinajstić information content (AvgIpc) is 2.56. The van der Waals surface area contributed by atoms with E-state index in [2.05, 4.69) is 5.32 Å². The highest BCUT2D eigenvalue weighted by atomic mass is 35.5. The number of nitrogens with one attached hydrogen (secondary N) is 1. The largest absolute Gasteiger partial charge is 0.452 e. The van der Waals surface area contributed by atoms with Gasteiger partial charge in [0.25, 0.3) is 5.91 Å². The first-order valence-electron chi connectivity index (χ1n) is 7.10. The zero-order valence-corrected chi connectivity index (χ0v) is 15.4. The highest BCUT2D eigenvalue weighted by Gasteiger charge is 2.14. The Balaban J connectivity index is 1.96. The molecule has 2 rings (SSSR count). The standard InChI is InChI=1S/C17H14Cl3NO4/c1-24-8-10-3-2-4-11(5-10)17(23)25-9-15(22)21-16-13(19)6-12(18)7-14(16)20/h2-7H,8-9H2,1H3,(H,21,22). The molecule has 0 aliphatic rings. The summed E-state index contributed by atoms with van der Waals surface area (Å²) >= 11 is 17.8. The van der Waals surface area contributed by atoms with Crippen LogP contribution in [0.25, 0.3) is 0 Å². The second-order valence-corrected chi connectivity index (χ2v) is 6.25. The fraction of sp³-hybridized carbons (Fsp3) is 0.176. The molecule has 0 spiro atoms. The fourth-order valence-corrected chi connectivity index (χ4v) is 2.92. The van der Waals surface area contributed by atoms with Crippen LogP contribution in [-0.2, 0) is 20.9 Å². The van der Waals surface area contributed by atoms with Gasteiger partial charge in [-0.25, -0.2) is 4.79 Å². The van der Waals surface area contributed by atoms with Crippen molar-refractivity contribution in [3.05, 3.63) is 62.6 Å². The number of methoxy groups -OCH3 is 1. The first kappa shape index (κ1) is 19.5. The Bertz CT molecular complexity index is 772. The predicted octanol–water partition coefficient (Wildman–Crippen LogP) is 4.59. The van der Waals surface area contributed by atoms with E-state index in [4.69, 9.17) is 44.3 Å². The zero-order valence-electron chi connectivity index (χ0n) is 13.1.